The second-order valence-corrected chi connectivity index (χ2v) is 9.79. The Kier molecular flexibility index (Phi) is 8.00. The zero-order chi connectivity index (χ0) is 22.3. The molecule has 9 heteroatoms. The minimum Gasteiger partial charge on any atom is -0.484 e. The topological polar surface area (TPSA) is 87.7 Å². The fourth-order valence-electron chi connectivity index (χ4n) is 3.25. The molecule has 3 rings (SSSR count). The van der Waals surface area contributed by atoms with Crippen LogP contribution in [0.15, 0.2) is 53.4 Å². The minimum atomic E-state index is -3.50. The number of carbonyl (C=O) groups excluding carboxylic acids is 1. The van der Waals surface area contributed by atoms with Crippen LogP contribution in [-0.4, -0.2) is 43.4 Å². The summed E-state index contributed by atoms with van der Waals surface area (Å²) in [6.45, 7) is 2.92. The maximum absolute atomic E-state index is 12.8. The van der Waals surface area contributed by atoms with Crippen molar-refractivity contribution in [3.05, 3.63) is 54.1 Å². The molecule has 1 aliphatic rings. The van der Waals surface area contributed by atoms with Crippen LogP contribution in [0.3, 0.4) is 0 Å². The summed E-state index contributed by atoms with van der Waals surface area (Å²) < 4.78 is 32.7. The highest BCUT2D eigenvalue weighted by Crippen LogP contribution is 2.21. The first-order chi connectivity index (χ1) is 14.8. The molecular formula is C22H27N3O4S2. The van der Waals surface area contributed by atoms with Crippen LogP contribution in [0.5, 0.6) is 5.75 Å². The summed E-state index contributed by atoms with van der Waals surface area (Å²) >= 11 is 5.16. The molecule has 0 spiro atoms. The van der Waals surface area contributed by atoms with Crippen molar-refractivity contribution in [2.24, 2.45) is 0 Å². The van der Waals surface area contributed by atoms with E-state index in [0.717, 1.165) is 31.2 Å². The summed E-state index contributed by atoms with van der Waals surface area (Å²) in [6, 6.07) is 13.7. The lowest BCUT2D eigenvalue weighted by Crippen LogP contribution is -2.37. The number of benzene rings is 2. The van der Waals surface area contributed by atoms with Gasteiger partial charge in [-0.2, -0.15) is 4.31 Å². The second kappa shape index (κ2) is 10.7. The maximum atomic E-state index is 12.8. The predicted molar refractivity (Wildman–Crippen MR) is 125 cm³/mol. The molecule has 0 atom stereocenters. The Balaban J connectivity index is 1.51. The van der Waals surface area contributed by atoms with Crippen molar-refractivity contribution in [2.45, 2.75) is 37.5 Å². The van der Waals surface area contributed by atoms with Gasteiger partial charge in [-0.15, -0.1) is 0 Å². The third-order valence-electron chi connectivity index (χ3n) is 4.96. The van der Waals surface area contributed by atoms with Crippen molar-refractivity contribution < 1.29 is 17.9 Å². The lowest BCUT2D eigenvalue weighted by atomic mass is 10.2. The van der Waals surface area contributed by atoms with E-state index in [0.29, 0.717) is 24.5 Å². The van der Waals surface area contributed by atoms with Gasteiger partial charge < -0.3 is 10.1 Å². The van der Waals surface area contributed by atoms with E-state index in [4.69, 9.17) is 17.0 Å². The van der Waals surface area contributed by atoms with E-state index in [-0.39, 0.29) is 16.6 Å². The number of hydrogen-bond acceptors (Lipinski definition) is 5. The van der Waals surface area contributed by atoms with Gasteiger partial charge in [0.15, 0.2) is 11.7 Å². The number of carbonyl (C=O) groups is 1. The fraction of sp³-hybridized carbons (Fsp3) is 0.364. The zero-order valence-electron chi connectivity index (χ0n) is 17.5. The molecule has 31 heavy (non-hydrogen) atoms. The monoisotopic (exact) mass is 461 g/mol. The van der Waals surface area contributed by atoms with E-state index < -0.39 is 15.9 Å². The van der Waals surface area contributed by atoms with Gasteiger partial charge in [-0.1, -0.05) is 30.5 Å². The highest BCUT2D eigenvalue weighted by atomic mass is 32.2. The Bertz CT molecular complexity index is 998. The average Bonchev–Trinajstić information content (AvgIpc) is 3.04. The number of hydrogen-bond donors (Lipinski definition) is 2. The summed E-state index contributed by atoms with van der Waals surface area (Å²) in [5.41, 5.74) is 1.69. The summed E-state index contributed by atoms with van der Waals surface area (Å²) in [5, 5.41) is 5.54. The molecule has 2 aromatic carbocycles. The Morgan fingerprint density at radius 2 is 1.61 bits per heavy atom. The van der Waals surface area contributed by atoms with Gasteiger partial charge in [-0.3, -0.25) is 10.1 Å². The molecule has 0 radical (unpaired) electrons. The number of amides is 1. The van der Waals surface area contributed by atoms with Gasteiger partial charge in [0.25, 0.3) is 5.91 Å². The van der Waals surface area contributed by atoms with E-state index in [1.807, 2.05) is 19.1 Å². The van der Waals surface area contributed by atoms with Crippen molar-refractivity contribution in [1.29, 1.82) is 0 Å². The van der Waals surface area contributed by atoms with Gasteiger partial charge in [-0.25, -0.2) is 8.42 Å². The number of thiocarbonyl (C=S) groups is 1. The molecule has 2 aromatic rings. The van der Waals surface area contributed by atoms with Gasteiger partial charge in [-0.05, 0) is 68.4 Å². The molecule has 7 nitrogen and oxygen atoms in total. The molecule has 0 unspecified atom stereocenters. The summed E-state index contributed by atoms with van der Waals surface area (Å²) in [7, 11) is -3.50. The number of anilines is 1. The van der Waals surface area contributed by atoms with Crippen LogP contribution in [0, 0.1) is 6.92 Å². The number of aryl methyl sites for hydroxylation is 1. The van der Waals surface area contributed by atoms with E-state index >= 15 is 0 Å². The van der Waals surface area contributed by atoms with Crippen molar-refractivity contribution in [3.63, 3.8) is 0 Å². The summed E-state index contributed by atoms with van der Waals surface area (Å²) in [4.78, 5) is 12.3. The van der Waals surface area contributed by atoms with Crippen molar-refractivity contribution in [3.8, 4) is 5.75 Å². The standard InChI is InChI=1S/C22H27N3O4S2/c1-17-6-10-19(11-7-17)29-16-21(26)24-22(30)23-18-8-12-20(13-9-18)31(27,28)25-14-4-2-3-5-15-25/h6-13H,2-5,14-16H2,1H3,(H2,23,24,26,30). The van der Waals surface area contributed by atoms with Crippen LogP contribution in [-0.2, 0) is 14.8 Å². The molecular weight excluding hydrogens is 434 g/mol. The van der Waals surface area contributed by atoms with Crippen LogP contribution in [0.1, 0.15) is 31.2 Å². The van der Waals surface area contributed by atoms with Crippen molar-refractivity contribution in [2.75, 3.05) is 25.0 Å². The Hall–Kier alpha value is -2.49. The van der Waals surface area contributed by atoms with Gasteiger partial charge in [0, 0.05) is 18.8 Å². The van der Waals surface area contributed by atoms with Crippen LogP contribution >= 0.6 is 12.2 Å². The molecule has 0 bridgehead atoms. The normalized spacial score (nSPS) is 15.0. The number of nitrogens with zero attached hydrogens (tertiary/aromatic N) is 1. The van der Waals surface area contributed by atoms with E-state index in [2.05, 4.69) is 10.6 Å². The van der Waals surface area contributed by atoms with Crippen LogP contribution < -0.4 is 15.4 Å². The number of sulfonamides is 1. The first-order valence-corrected chi connectivity index (χ1v) is 12.1. The lowest BCUT2D eigenvalue weighted by molar-refractivity contribution is -0.121. The van der Waals surface area contributed by atoms with Gasteiger partial charge >= 0.3 is 0 Å². The highest BCUT2D eigenvalue weighted by molar-refractivity contribution is 7.89. The smallest absolute Gasteiger partial charge is 0.264 e. The lowest BCUT2D eigenvalue weighted by Gasteiger charge is -2.20. The highest BCUT2D eigenvalue weighted by Gasteiger charge is 2.24. The molecule has 0 saturated carbocycles. The zero-order valence-corrected chi connectivity index (χ0v) is 19.1. The van der Waals surface area contributed by atoms with E-state index in [9.17, 15) is 13.2 Å². The predicted octanol–water partition coefficient (Wildman–Crippen LogP) is 3.45. The largest absolute Gasteiger partial charge is 0.484 e. The molecule has 2 N–H and O–H groups in total. The van der Waals surface area contributed by atoms with Crippen molar-refractivity contribution >= 4 is 38.9 Å². The Morgan fingerprint density at radius 3 is 2.23 bits per heavy atom. The minimum absolute atomic E-state index is 0.112. The molecule has 1 aliphatic heterocycles. The summed E-state index contributed by atoms with van der Waals surface area (Å²) in [6.07, 6.45) is 3.91. The quantitative estimate of drug-likeness (QED) is 0.641. The Morgan fingerprint density at radius 1 is 1.00 bits per heavy atom. The molecule has 1 saturated heterocycles. The molecule has 1 amide bonds. The molecule has 1 fully saturated rings. The van der Waals surface area contributed by atoms with E-state index in [1.165, 1.54) is 0 Å². The number of nitrogens with one attached hydrogen (secondary N) is 2. The van der Waals surface area contributed by atoms with Crippen molar-refractivity contribution in [1.82, 2.24) is 9.62 Å². The van der Waals surface area contributed by atoms with E-state index in [1.54, 1.807) is 40.7 Å². The van der Waals surface area contributed by atoms with Crippen LogP contribution in [0.4, 0.5) is 5.69 Å². The second-order valence-electron chi connectivity index (χ2n) is 7.45. The molecule has 166 valence electrons. The van der Waals surface area contributed by atoms with Gasteiger partial charge in [0.1, 0.15) is 5.75 Å². The third-order valence-corrected chi connectivity index (χ3v) is 7.08. The number of ether oxygens (including phenoxy) is 1. The summed E-state index contributed by atoms with van der Waals surface area (Å²) in [5.74, 6) is 0.208. The molecule has 0 aliphatic carbocycles. The molecule has 1 heterocycles. The third kappa shape index (κ3) is 6.75. The first-order valence-electron chi connectivity index (χ1n) is 10.2. The SMILES string of the molecule is Cc1ccc(OCC(=O)NC(=S)Nc2ccc(S(=O)(=O)N3CCCCCC3)cc2)cc1. The van der Waals surface area contributed by atoms with Crippen LogP contribution in [0.25, 0.3) is 0 Å². The molecule has 0 aromatic heterocycles. The fourth-order valence-corrected chi connectivity index (χ4v) is 5.00. The van der Waals surface area contributed by atoms with Crippen LogP contribution in [0.2, 0.25) is 0 Å². The Labute approximate surface area is 188 Å². The maximum Gasteiger partial charge on any atom is 0.264 e. The van der Waals surface area contributed by atoms with Gasteiger partial charge in [0.2, 0.25) is 10.0 Å². The average molecular weight is 462 g/mol. The first kappa shape index (κ1) is 23.2. The van der Waals surface area contributed by atoms with Gasteiger partial charge in [0.05, 0.1) is 4.90 Å². The number of rotatable bonds is 6.